The van der Waals surface area contributed by atoms with Gasteiger partial charge in [-0.15, -0.1) is 10.2 Å². The van der Waals surface area contributed by atoms with E-state index in [9.17, 15) is 0 Å². The summed E-state index contributed by atoms with van der Waals surface area (Å²) in [6, 6.07) is 10.3. The normalized spacial score (nSPS) is 15.2. The van der Waals surface area contributed by atoms with Crippen LogP contribution in [-0.2, 0) is 13.6 Å². The molecular weight excluding hydrogens is 328 g/mol. The summed E-state index contributed by atoms with van der Waals surface area (Å²) >= 11 is 0. The first-order valence-electron chi connectivity index (χ1n) is 9.30. The van der Waals surface area contributed by atoms with E-state index in [-0.39, 0.29) is 0 Å². The number of aromatic nitrogens is 3. The van der Waals surface area contributed by atoms with Gasteiger partial charge in [-0.1, -0.05) is 31.0 Å². The van der Waals surface area contributed by atoms with Crippen LogP contribution in [0.15, 0.2) is 35.3 Å². The third kappa shape index (κ3) is 5.21. The van der Waals surface area contributed by atoms with E-state index in [1.807, 2.05) is 48.9 Å². The molecule has 0 radical (unpaired) electrons. The number of nitrogens with zero attached hydrogens (tertiary/aromatic N) is 4. The Hall–Kier alpha value is -2.57. The largest absolute Gasteiger partial charge is 0.492 e. The van der Waals surface area contributed by atoms with Crippen molar-refractivity contribution < 1.29 is 4.74 Å². The van der Waals surface area contributed by atoms with Crippen LogP contribution in [0.2, 0.25) is 0 Å². The van der Waals surface area contributed by atoms with E-state index in [1.54, 1.807) is 0 Å². The zero-order valence-electron chi connectivity index (χ0n) is 15.6. The topological polar surface area (TPSA) is 76.4 Å². The molecule has 140 valence electrons. The molecule has 0 spiro atoms. The number of aliphatic imine (C=N–C) groups is 1. The maximum Gasteiger partial charge on any atom is 0.192 e. The third-order valence-corrected chi connectivity index (χ3v) is 4.66. The Kier molecular flexibility index (Phi) is 6.46. The van der Waals surface area contributed by atoms with Gasteiger partial charge in [0, 0.05) is 13.1 Å². The number of aryl methyl sites for hydroxylation is 1. The predicted molar refractivity (Wildman–Crippen MR) is 102 cm³/mol. The fourth-order valence-corrected chi connectivity index (χ4v) is 3.01. The Morgan fingerprint density at radius 2 is 2.00 bits per heavy atom. The Morgan fingerprint density at radius 1 is 1.23 bits per heavy atom. The molecule has 1 aliphatic carbocycles. The third-order valence-electron chi connectivity index (χ3n) is 4.66. The fraction of sp³-hybridized carbons (Fsp3) is 0.526. The lowest BCUT2D eigenvalue weighted by atomic mass is 10.2. The van der Waals surface area contributed by atoms with Crippen LogP contribution in [0.1, 0.15) is 37.3 Å². The minimum atomic E-state index is 0.498. The van der Waals surface area contributed by atoms with Gasteiger partial charge < -0.3 is 19.9 Å². The molecule has 7 heteroatoms. The Morgan fingerprint density at radius 3 is 2.69 bits per heavy atom. The first kappa shape index (κ1) is 18.2. The van der Waals surface area contributed by atoms with E-state index < -0.39 is 0 Å². The van der Waals surface area contributed by atoms with Crippen molar-refractivity contribution in [2.24, 2.45) is 12.0 Å². The first-order chi connectivity index (χ1) is 12.7. The molecule has 0 atom stereocenters. The molecule has 2 aromatic rings. The van der Waals surface area contributed by atoms with E-state index >= 15 is 0 Å². The standard InChI is InChI=1S/C19H28N6O/c1-15-23-24-18(25(15)2)14-21-19(22-16-8-6-7-9-16)20-12-13-26-17-10-4-3-5-11-17/h3-5,10-11,16H,6-9,12-14H2,1-2H3,(H2,20,21,22). The van der Waals surface area contributed by atoms with Gasteiger partial charge in [-0.2, -0.15) is 0 Å². The average Bonchev–Trinajstić information content (AvgIpc) is 3.28. The molecule has 3 rings (SSSR count). The van der Waals surface area contributed by atoms with Gasteiger partial charge in [0.2, 0.25) is 0 Å². The van der Waals surface area contributed by atoms with Crippen molar-refractivity contribution in [2.45, 2.75) is 45.2 Å². The SMILES string of the molecule is Cc1nnc(CN=C(NCCOc2ccccc2)NC2CCCC2)n1C. The highest BCUT2D eigenvalue weighted by atomic mass is 16.5. The highest BCUT2D eigenvalue weighted by Crippen LogP contribution is 2.17. The number of para-hydroxylation sites is 1. The molecule has 0 amide bonds. The number of hydrogen-bond acceptors (Lipinski definition) is 4. The van der Waals surface area contributed by atoms with Crippen molar-refractivity contribution in [1.82, 2.24) is 25.4 Å². The number of ether oxygens (including phenoxy) is 1. The summed E-state index contributed by atoms with van der Waals surface area (Å²) in [6.07, 6.45) is 4.96. The Bertz CT molecular complexity index is 706. The van der Waals surface area contributed by atoms with Gasteiger partial charge in [0.05, 0.1) is 6.54 Å². The summed E-state index contributed by atoms with van der Waals surface area (Å²) in [6.45, 7) is 3.71. The highest BCUT2D eigenvalue weighted by Gasteiger charge is 2.16. The average molecular weight is 356 g/mol. The summed E-state index contributed by atoms with van der Waals surface area (Å²) in [5.74, 6) is 3.44. The molecule has 0 bridgehead atoms. The molecule has 26 heavy (non-hydrogen) atoms. The summed E-state index contributed by atoms with van der Waals surface area (Å²) in [5, 5.41) is 15.2. The molecule has 7 nitrogen and oxygen atoms in total. The first-order valence-corrected chi connectivity index (χ1v) is 9.30. The van der Waals surface area contributed by atoms with Crippen LogP contribution >= 0.6 is 0 Å². The van der Waals surface area contributed by atoms with Crippen molar-refractivity contribution in [3.8, 4) is 5.75 Å². The summed E-state index contributed by atoms with van der Waals surface area (Å²) in [7, 11) is 1.96. The lowest BCUT2D eigenvalue weighted by molar-refractivity contribution is 0.321. The highest BCUT2D eigenvalue weighted by molar-refractivity contribution is 5.80. The van der Waals surface area contributed by atoms with Crippen molar-refractivity contribution in [3.05, 3.63) is 42.0 Å². The molecule has 0 saturated heterocycles. The summed E-state index contributed by atoms with van der Waals surface area (Å²) in [5.41, 5.74) is 0. The van der Waals surface area contributed by atoms with Crippen molar-refractivity contribution in [3.63, 3.8) is 0 Å². The maximum atomic E-state index is 5.74. The predicted octanol–water partition coefficient (Wildman–Crippen LogP) is 2.18. The molecule has 1 fully saturated rings. The molecule has 2 N–H and O–H groups in total. The second kappa shape index (κ2) is 9.22. The lowest BCUT2D eigenvalue weighted by Crippen LogP contribution is -2.43. The van der Waals surface area contributed by atoms with Crippen LogP contribution in [0.5, 0.6) is 5.75 Å². The molecular formula is C19H28N6O. The molecule has 1 aliphatic rings. The Balaban J connectivity index is 1.53. The fourth-order valence-electron chi connectivity index (χ4n) is 3.01. The smallest absolute Gasteiger partial charge is 0.192 e. The van der Waals surface area contributed by atoms with Crippen LogP contribution in [0.4, 0.5) is 0 Å². The van der Waals surface area contributed by atoms with Crippen LogP contribution in [0.3, 0.4) is 0 Å². The zero-order chi connectivity index (χ0) is 18.2. The Labute approximate surface area is 154 Å². The van der Waals surface area contributed by atoms with Gasteiger partial charge in [0.25, 0.3) is 0 Å². The monoisotopic (exact) mass is 356 g/mol. The van der Waals surface area contributed by atoms with E-state index in [0.29, 0.717) is 25.7 Å². The lowest BCUT2D eigenvalue weighted by Gasteiger charge is -2.17. The van der Waals surface area contributed by atoms with Crippen molar-refractivity contribution in [2.75, 3.05) is 13.2 Å². The molecule has 0 unspecified atom stereocenters. The quantitative estimate of drug-likeness (QED) is 0.452. The van der Waals surface area contributed by atoms with E-state index in [2.05, 4.69) is 20.8 Å². The maximum absolute atomic E-state index is 5.74. The van der Waals surface area contributed by atoms with E-state index in [1.165, 1.54) is 25.7 Å². The summed E-state index contributed by atoms with van der Waals surface area (Å²) < 4.78 is 7.71. The van der Waals surface area contributed by atoms with Gasteiger partial charge in [0.15, 0.2) is 11.8 Å². The summed E-state index contributed by atoms with van der Waals surface area (Å²) in [4.78, 5) is 4.69. The van der Waals surface area contributed by atoms with Crippen LogP contribution < -0.4 is 15.4 Å². The van der Waals surface area contributed by atoms with Crippen LogP contribution in [0.25, 0.3) is 0 Å². The molecule has 1 heterocycles. The zero-order valence-corrected chi connectivity index (χ0v) is 15.6. The second-order valence-electron chi connectivity index (χ2n) is 6.60. The number of nitrogens with one attached hydrogen (secondary N) is 2. The van der Waals surface area contributed by atoms with Gasteiger partial charge >= 0.3 is 0 Å². The van der Waals surface area contributed by atoms with E-state index in [0.717, 1.165) is 23.4 Å². The number of hydrogen-bond donors (Lipinski definition) is 2. The van der Waals surface area contributed by atoms with Crippen LogP contribution in [0, 0.1) is 6.92 Å². The van der Waals surface area contributed by atoms with Crippen molar-refractivity contribution >= 4 is 5.96 Å². The second-order valence-corrected chi connectivity index (χ2v) is 6.60. The van der Waals surface area contributed by atoms with Gasteiger partial charge in [-0.05, 0) is 31.9 Å². The number of guanidine groups is 1. The van der Waals surface area contributed by atoms with Gasteiger partial charge in [-0.3, -0.25) is 0 Å². The number of benzene rings is 1. The van der Waals surface area contributed by atoms with E-state index in [4.69, 9.17) is 9.73 Å². The number of rotatable bonds is 7. The minimum Gasteiger partial charge on any atom is -0.492 e. The molecule has 1 aromatic heterocycles. The minimum absolute atomic E-state index is 0.498. The van der Waals surface area contributed by atoms with Crippen molar-refractivity contribution in [1.29, 1.82) is 0 Å². The van der Waals surface area contributed by atoms with Crippen LogP contribution in [-0.4, -0.2) is 39.9 Å². The molecule has 1 aromatic carbocycles. The molecule has 1 saturated carbocycles. The van der Waals surface area contributed by atoms with Gasteiger partial charge in [-0.25, -0.2) is 4.99 Å². The molecule has 0 aliphatic heterocycles. The van der Waals surface area contributed by atoms with Gasteiger partial charge in [0.1, 0.15) is 24.7 Å².